The van der Waals surface area contributed by atoms with Crippen LogP contribution in [0.2, 0.25) is 0 Å². The lowest BCUT2D eigenvalue weighted by Crippen LogP contribution is -2.59. The molecular formula is C15H27N3O4. The van der Waals surface area contributed by atoms with E-state index in [2.05, 4.69) is 10.6 Å². The quantitative estimate of drug-likeness (QED) is 0.651. The number of likely N-dealkylation sites (N-methyl/N-ethyl adjacent to an activating group) is 1. The second-order valence-electron chi connectivity index (χ2n) is 6.41. The summed E-state index contributed by atoms with van der Waals surface area (Å²) in [6.45, 7) is 7.34. The van der Waals surface area contributed by atoms with Crippen LogP contribution in [0.15, 0.2) is 0 Å². The van der Waals surface area contributed by atoms with Gasteiger partial charge in [0.1, 0.15) is 11.6 Å². The number of nitrogens with zero attached hydrogens (tertiary/aromatic N) is 1. The molecule has 7 nitrogen and oxygen atoms in total. The van der Waals surface area contributed by atoms with E-state index in [-0.39, 0.29) is 17.7 Å². The lowest BCUT2D eigenvalue weighted by Gasteiger charge is -2.35. The molecule has 3 atom stereocenters. The van der Waals surface area contributed by atoms with E-state index in [1.165, 1.54) is 4.90 Å². The van der Waals surface area contributed by atoms with Crippen molar-refractivity contribution in [3.05, 3.63) is 0 Å². The Kier molecular flexibility index (Phi) is 5.93. The maximum Gasteiger partial charge on any atom is 0.329 e. The van der Waals surface area contributed by atoms with Gasteiger partial charge in [0.05, 0.1) is 6.04 Å². The number of aliphatic carboxylic acids is 1. The zero-order chi connectivity index (χ0) is 17.1. The van der Waals surface area contributed by atoms with Gasteiger partial charge in [-0.25, -0.2) is 4.79 Å². The smallest absolute Gasteiger partial charge is 0.329 e. The van der Waals surface area contributed by atoms with Crippen molar-refractivity contribution < 1.29 is 19.5 Å². The van der Waals surface area contributed by atoms with Gasteiger partial charge in [-0.15, -0.1) is 0 Å². The highest BCUT2D eigenvalue weighted by Crippen LogP contribution is 2.30. The minimum Gasteiger partial charge on any atom is -0.480 e. The maximum atomic E-state index is 12.8. The Labute approximate surface area is 131 Å². The van der Waals surface area contributed by atoms with Gasteiger partial charge < -0.3 is 20.6 Å². The molecule has 126 valence electrons. The van der Waals surface area contributed by atoms with Crippen LogP contribution in [0.4, 0.5) is 0 Å². The summed E-state index contributed by atoms with van der Waals surface area (Å²) in [5.41, 5.74) is -1.19. The molecule has 0 radical (unpaired) electrons. The Morgan fingerprint density at radius 3 is 2.27 bits per heavy atom. The third-order valence-electron chi connectivity index (χ3n) is 4.42. The number of hydrogen-bond donors (Lipinski definition) is 3. The minimum absolute atomic E-state index is 0.126. The number of rotatable bonds is 6. The van der Waals surface area contributed by atoms with Crippen molar-refractivity contribution in [2.75, 3.05) is 13.6 Å². The highest BCUT2D eigenvalue weighted by Gasteiger charge is 2.48. The molecule has 1 heterocycles. The predicted molar refractivity (Wildman–Crippen MR) is 82.3 cm³/mol. The Morgan fingerprint density at radius 2 is 1.82 bits per heavy atom. The summed E-state index contributed by atoms with van der Waals surface area (Å²) in [5, 5.41) is 15.0. The fourth-order valence-corrected chi connectivity index (χ4v) is 2.63. The lowest BCUT2D eigenvalue weighted by atomic mass is 9.96. The van der Waals surface area contributed by atoms with Gasteiger partial charge in [0.25, 0.3) is 0 Å². The van der Waals surface area contributed by atoms with E-state index in [1.807, 2.05) is 13.8 Å². The number of carbonyl (C=O) groups excluding carboxylic acids is 2. The van der Waals surface area contributed by atoms with E-state index in [9.17, 15) is 19.5 Å². The van der Waals surface area contributed by atoms with E-state index in [1.54, 1.807) is 20.9 Å². The number of amides is 2. The maximum absolute atomic E-state index is 12.8. The van der Waals surface area contributed by atoms with Crippen LogP contribution in [-0.2, 0) is 14.4 Å². The summed E-state index contributed by atoms with van der Waals surface area (Å²) in [7, 11) is 1.67. The largest absolute Gasteiger partial charge is 0.480 e. The summed E-state index contributed by atoms with van der Waals surface area (Å²) in [5.74, 6) is -1.73. The molecular weight excluding hydrogens is 286 g/mol. The van der Waals surface area contributed by atoms with E-state index in [0.29, 0.717) is 19.4 Å². The first kappa shape index (κ1) is 18.4. The monoisotopic (exact) mass is 313 g/mol. The molecule has 0 aliphatic carbocycles. The van der Waals surface area contributed by atoms with E-state index < -0.39 is 23.6 Å². The third kappa shape index (κ3) is 3.58. The number of likely N-dealkylation sites (tertiary alicyclic amines) is 1. The van der Waals surface area contributed by atoms with E-state index in [0.717, 1.165) is 0 Å². The molecule has 1 rings (SSSR count). The van der Waals surface area contributed by atoms with Crippen molar-refractivity contribution in [1.82, 2.24) is 15.5 Å². The average molecular weight is 313 g/mol. The number of carboxylic acids is 1. The molecule has 7 heteroatoms. The highest BCUT2D eigenvalue weighted by molar-refractivity contribution is 5.93. The molecule has 1 saturated heterocycles. The summed E-state index contributed by atoms with van der Waals surface area (Å²) in [6.07, 6.45) is 1.08. The van der Waals surface area contributed by atoms with Crippen molar-refractivity contribution in [2.45, 2.75) is 58.2 Å². The summed E-state index contributed by atoms with van der Waals surface area (Å²) in [6, 6.07) is -1.14. The molecule has 0 saturated carbocycles. The fourth-order valence-electron chi connectivity index (χ4n) is 2.63. The number of hydrogen-bond acceptors (Lipinski definition) is 4. The van der Waals surface area contributed by atoms with Crippen LogP contribution in [0.25, 0.3) is 0 Å². The van der Waals surface area contributed by atoms with Gasteiger partial charge in [0.15, 0.2) is 0 Å². The molecule has 0 aromatic carbocycles. The topological polar surface area (TPSA) is 98.7 Å². The fraction of sp³-hybridized carbons (Fsp3) is 0.800. The first-order chi connectivity index (χ1) is 10.1. The predicted octanol–water partition coefficient (Wildman–Crippen LogP) is 0.201. The van der Waals surface area contributed by atoms with Crippen molar-refractivity contribution in [1.29, 1.82) is 0 Å². The standard InChI is InChI=1S/C15H27N3O4/c1-9(2)11(17-12(19)10(3)16-5)13(20)18-8-6-7-15(18,4)14(21)22/h9-11,16H,6-8H2,1-5H3,(H,17,19)(H,21,22). The molecule has 2 amide bonds. The average Bonchev–Trinajstić information content (AvgIpc) is 2.85. The first-order valence-electron chi connectivity index (χ1n) is 7.67. The molecule has 0 spiro atoms. The molecule has 22 heavy (non-hydrogen) atoms. The molecule has 1 aliphatic heterocycles. The SMILES string of the molecule is CNC(C)C(=O)NC(C(=O)N1CCCC1(C)C(=O)O)C(C)C. The van der Waals surface area contributed by atoms with Crippen LogP contribution in [0.3, 0.4) is 0 Å². The zero-order valence-corrected chi connectivity index (χ0v) is 14.0. The lowest BCUT2D eigenvalue weighted by molar-refractivity contribution is -0.156. The van der Waals surface area contributed by atoms with Crippen molar-refractivity contribution in [2.24, 2.45) is 5.92 Å². The number of carboxylic acid groups (broad SMARTS) is 1. The Hall–Kier alpha value is -1.63. The van der Waals surface area contributed by atoms with Gasteiger partial charge in [-0.1, -0.05) is 13.8 Å². The van der Waals surface area contributed by atoms with Crippen LogP contribution in [0, 0.1) is 5.92 Å². The Bertz CT molecular complexity index is 452. The molecule has 3 N–H and O–H groups in total. The summed E-state index contributed by atoms with van der Waals surface area (Å²) < 4.78 is 0. The van der Waals surface area contributed by atoms with Crippen molar-refractivity contribution in [3.8, 4) is 0 Å². The molecule has 0 aromatic heterocycles. The van der Waals surface area contributed by atoms with Gasteiger partial charge in [-0.2, -0.15) is 0 Å². The molecule has 1 aliphatic rings. The second kappa shape index (κ2) is 7.09. The van der Waals surface area contributed by atoms with Gasteiger partial charge in [0, 0.05) is 6.54 Å². The summed E-state index contributed by atoms with van der Waals surface area (Å²) >= 11 is 0. The van der Waals surface area contributed by atoms with Crippen LogP contribution in [0.1, 0.15) is 40.5 Å². The second-order valence-corrected chi connectivity index (χ2v) is 6.41. The zero-order valence-electron chi connectivity index (χ0n) is 14.0. The van der Waals surface area contributed by atoms with E-state index in [4.69, 9.17) is 0 Å². The van der Waals surface area contributed by atoms with Gasteiger partial charge in [0.2, 0.25) is 11.8 Å². The van der Waals surface area contributed by atoms with Gasteiger partial charge in [-0.05, 0) is 39.7 Å². The van der Waals surface area contributed by atoms with Crippen LogP contribution in [0.5, 0.6) is 0 Å². The molecule has 3 unspecified atom stereocenters. The minimum atomic E-state index is -1.19. The van der Waals surface area contributed by atoms with Crippen LogP contribution < -0.4 is 10.6 Å². The molecule has 1 fully saturated rings. The molecule has 0 aromatic rings. The van der Waals surface area contributed by atoms with Crippen molar-refractivity contribution >= 4 is 17.8 Å². The Morgan fingerprint density at radius 1 is 1.23 bits per heavy atom. The number of nitrogens with one attached hydrogen (secondary N) is 2. The summed E-state index contributed by atoms with van der Waals surface area (Å²) in [4.78, 5) is 37.7. The van der Waals surface area contributed by atoms with Gasteiger partial charge >= 0.3 is 5.97 Å². The van der Waals surface area contributed by atoms with Crippen LogP contribution in [-0.4, -0.2) is 59.0 Å². The van der Waals surface area contributed by atoms with Crippen LogP contribution >= 0.6 is 0 Å². The van der Waals surface area contributed by atoms with Gasteiger partial charge in [-0.3, -0.25) is 9.59 Å². The normalized spacial score (nSPS) is 24.2. The highest BCUT2D eigenvalue weighted by atomic mass is 16.4. The first-order valence-corrected chi connectivity index (χ1v) is 7.67. The third-order valence-corrected chi connectivity index (χ3v) is 4.42. The number of carbonyl (C=O) groups is 3. The molecule has 0 bridgehead atoms. The Balaban J connectivity index is 2.94. The van der Waals surface area contributed by atoms with Crippen molar-refractivity contribution in [3.63, 3.8) is 0 Å². The van der Waals surface area contributed by atoms with E-state index >= 15 is 0 Å².